The van der Waals surface area contributed by atoms with Crippen LogP contribution in [0.5, 0.6) is 0 Å². The largest absolute Gasteiger partial charge is 0.495 e. The number of hydrogen-bond acceptors (Lipinski definition) is 3. The SMILES string of the molecule is CC1(C)OB(c2cccc(Cl)c2CNC2CC2)OC1(C)C. The highest BCUT2D eigenvalue weighted by atomic mass is 35.5. The first-order valence-corrected chi connectivity index (χ1v) is 8.04. The van der Waals surface area contributed by atoms with Crippen molar-refractivity contribution < 1.29 is 9.31 Å². The average Bonchev–Trinajstić information content (AvgIpc) is 3.16. The maximum Gasteiger partial charge on any atom is 0.495 e. The maximum atomic E-state index is 6.40. The summed E-state index contributed by atoms with van der Waals surface area (Å²) in [5.74, 6) is 0. The van der Waals surface area contributed by atoms with Crippen molar-refractivity contribution in [2.24, 2.45) is 0 Å². The lowest BCUT2D eigenvalue weighted by atomic mass is 9.76. The molecule has 3 rings (SSSR count). The van der Waals surface area contributed by atoms with E-state index < -0.39 is 0 Å². The summed E-state index contributed by atoms with van der Waals surface area (Å²) in [4.78, 5) is 0. The van der Waals surface area contributed by atoms with E-state index in [0.717, 1.165) is 22.6 Å². The van der Waals surface area contributed by atoms with Crippen molar-refractivity contribution in [1.82, 2.24) is 5.32 Å². The molecule has 0 bridgehead atoms. The van der Waals surface area contributed by atoms with Crippen LogP contribution >= 0.6 is 11.6 Å². The summed E-state index contributed by atoms with van der Waals surface area (Å²) in [6.45, 7) is 9.04. The zero-order chi connectivity index (χ0) is 15.3. The highest BCUT2D eigenvalue weighted by Crippen LogP contribution is 2.37. The second-order valence-corrected chi connectivity index (χ2v) is 7.46. The highest BCUT2D eigenvalue weighted by molar-refractivity contribution is 6.63. The van der Waals surface area contributed by atoms with E-state index in [4.69, 9.17) is 20.9 Å². The molecule has 0 spiro atoms. The summed E-state index contributed by atoms with van der Waals surface area (Å²) >= 11 is 6.40. The Kier molecular flexibility index (Phi) is 3.85. The molecule has 21 heavy (non-hydrogen) atoms. The Labute approximate surface area is 132 Å². The fraction of sp³-hybridized carbons (Fsp3) is 0.625. The summed E-state index contributed by atoms with van der Waals surface area (Å²) < 4.78 is 12.3. The van der Waals surface area contributed by atoms with Crippen molar-refractivity contribution in [2.45, 2.75) is 64.3 Å². The summed E-state index contributed by atoms with van der Waals surface area (Å²) in [6.07, 6.45) is 2.52. The van der Waals surface area contributed by atoms with Gasteiger partial charge in [0, 0.05) is 17.6 Å². The molecule has 0 unspecified atom stereocenters. The number of benzene rings is 1. The molecule has 1 heterocycles. The third-order valence-electron chi connectivity index (χ3n) is 4.81. The average molecular weight is 308 g/mol. The fourth-order valence-corrected chi connectivity index (χ4v) is 2.74. The van der Waals surface area contributed by atoms with E-state index in [1.807, 2.05) is 12.1 Å². The van der Waals surface area contributed by atoms with Crippen molar-refractivity contribution in [3.8, 4) is 0 Å². The Morgan fingerprint density at radius 3 is 2.38 bits per heavy atom. The van der Waals surface area contributed by atoms with Crippen molar-refractivity contribution >= 4 is 24.2 Å². The highest BCUT2D eigenvalue weighted by Gasteiger charge is 2.52. The van der Waals surface area contributed by atoms with Crippen LogP contribution in [0.3, 0.4) is 0 Å². The minimum atomic E-state index is -0.357. The molecule has 1 aliphatic carbocycles. The lowest BCUT2D eigenvalue weighted by molar-refractivity contribution is 0.00578. The molecule has 1 aromatic carbocycles. The van der Waals surface area contributed by atoms with Crippen molar-refractivity contribution in [3.05, 3.63) is 28.8 Å². The maximum absolute atomic E-state index is 6.40. The van der Waals surface area contributed by atoms with Crippen LogP contribution in [0.2, 0.25) is 5.02 Å². The van der Waals surface area contributed by atoms with Crippen molar-refractivity contribution in [2.75, 3.05) is 0 Å². The van der Waals surface area contributed by atoms with Crippen molar-refractivity contribution in [1.29, 1.82) is 0 Å². The molecule has 0 amide bonds. The molecule has 1 aromatic rings. The van der Waals surface area contributed by atoms with Crippen LogP contribution in [0.25, 0.3) is 0 Å². The standard InChI is InChI=1S/C16H23BClNO2/c1-15(2)16(3,4)21-17(20-15)13-6-5-7-14(18)12(13)10-19-11-8-9-11/h5-7,11,19H,8-10H2,1-4H3. The topological polar surface area (TPSA) is 30.5 Å². The fourth-order valence-electron chi connectivity index (χ4n) is 2.49. The lowest BCUT2D eigenvalue weighted by Gasteiger charge is -2.32. The number of halogens is 1. The number of nitrogens with one attached hydrogen (secondary N) is 1. The third-order valence-corrected chi connectivity index (χ3v) is 5.16. The Morgan fingerprint density at radius 1 is 1.19 bits per heavy atom. The van der Waals surface area contributed by atoms with Gasteiger partial charge in [0.2, 0.25) is 0 Å². The minimum Gasteiger partial charge on any atom is -0.399 e. The first-order chi connectivity index (χ1) is 9.80. The van der Waals surface area contributed by atoms with Gasteiger partial charge in [-0.05, 0) is 57.6 Å². The molecule has 114 valence electrons. The van der Waals surface area contributed by atoms with E-state index in [1.165, 1.54) is 12.8 Å². The molecule has 3 nitrogen and oxygen atoms in total. The molecule has 0 aromatic heterocycles. The van der Waals surface area contributed by atoms with E-state index in [1.54, 1.807) is 0 Å². The van der Waals surface area contributed by atoms with Gasteiger partial charge in [0.05, 0.1) is 11.2 Å². The molecule has 0 atom stereocenters. The lowest BCUT2D eigenvalue weighted by Crippen LogP contribution is -2.41. The molecule has 0 radical (unpaired) electrons. The van der Waals surface area contributed by atoms with Gasteiger partial charge in [-0.3, -0.25) is 0 Å². The molecule has 1 N–H and O–H groups in total. The second kappa shape index (κ2) is 5.27. The molecule has 2 fully saturated rings. The van der Waals surface area contributed by atoms with E-state index in [0.29, 0.717) is 6.04 Å². The molecular formula is C16H23BClNO2. The summed E-state index contributed by atoms with van der Waals surface area (Å²) in [5, 5.41) is 4.30. The molecule has 1 saturated heterocycles. The minimum absolute atomic E-state index is 0.332. The molecule has 2 aliphatic rings. The van der Waals surface area contributed by atoms with Gasteiger partial charge in [0.1, 0.15) is 0 Å². The third kappa shape index (κ3) is 3.00. The zero-order valence-corrected chi connectivity index (χ0v) is 14.0. The summed E-state index contributed by atoms with van der Waals surface area (Å²) in [7, 11) is -0.357. The van der Waals surface area contributed by atoms with Crippen LogP contribution in [0.4, 0.5) is 0 Å². The van der Waals surface area contributed by atoms with Crippen LogP contribution in [-0.4, -0.2) is 24.4 Å². The van der Waals surface area contributed by atoms with Gasteiger partial charge in [-0.25, -0.2) is 0 Å². The number of rotatable bonds is 4. The van der Waals surface area contributed by atoms with Crippen LogP contribution in [0.1, 0.15) is 46.1 Å². The first-order valence-electron chi connectivity index (χ1n) is 7.66. The number of hydrogen-bond donors (Lipinski definition) is 1. The molecule has 1 saturated carbocycles. The van der Waals surface area contributed by atoms with Crippen LogP contribution in [0.15, 0.2) is 18.2 Å². The quantitative estimate of drug-likeness (QED) is 0.868. The van der Waals surface area contributed by atoms with Gasteiger partial charge in [-0.15, -0.1) is 0 Å². The van der Waals surface area contributed by atoms with E-state index in [-0.39, 0.29) is 18.3 Å². The smallest absolute Gasteiger partial charge is 0.399 e. The molecule has 5 heteroatoms. The van der Waals surface area contributed by atoms with Crippen LogP contribution in [0, 0.1) is 0 Å². The first kappa shape index (κ1) is 15.4. The Hall–Kier alpha value is -0.545. The van der Waals surface area contributed by atoms with Gasteiger partial charge < -0.3 is 14.6 Å². The normalized spacial score (nSPS) is 23.6. The van der Waals surface area contributed by atoms with E-state index in [9.17, 15) is 0 Å². The Bertz CT molecular complexity index is 527. The summed E-state index contributed by atoms with van der Waals surface area (Å²) in [5.41, 5.74) is 1.46. The van der Waals surface area contributed by atoms with Gasteiger partial charge in [0.25, 0.3) is 0 Å². The van der Waals surface area contributed by atoms with Crippen LogP contribution in [-0.2, 0) is 15.9 Å². The summed E-state index contributed by atoms with van der Waals surface area (Å²) in [6, 6.07) is 6.59. The Morgan fingerprint density at radius 2 is 1.81 bits per heavy atom. The van der Waals surface area contributed by atoms with Gasteiger partial charge in [0.15, 0.2) is 0 Å². The van der Waals surface area contributed by atoms with Crippen molar-refractivity contribution in [3.63, 3.8) is 0 Å². The van der Waals surface area contributed by atoms with E-state index >= 15 is 0 Å². The van der Waals surface area contributed by atoms with E-state index in [2.05, 4.69) is 39.1 Å². The van der Waals surface area contributed by atoms with Gasteiger partial charge in [-0.2, -0.15) is 0 Å². The monoisotopic (exact) mass is 307 g/mol. The Balaban J connectivity index is 1.86. The predicted molar refractivity (Wildman–Crippen MR) is 87.0 cm³/mol. The predicted octanol–water partition coefficient (Wildman–Crippen LogP) is 2.89. The zero-order valence-electron chi connectivity index (χ0n) is 13.2. The van der Waals surface area contributed by atoms with Crippen LogP contribution < -0.4 is 10.8 Å². The second-order valence-electron chi connectivity index (χ2n) is 7.05. The molecule has 1 aliphatic heterocycles. The van der Waals surface area contributed by atoms with Gasteiger partial charge in [-0.1, -0.05) is 23.7 Å². The van der Waals surface area contributed by atoms with Gasteiger partial charge >= 0.3 is 7.12 Å². The molecular weight excluding hydrogens is 284 g/mol.